The Morgan fingerprint density at radius 1 is 1.37 bits per heavy atom. The molecular weight excluding hydrogens is 242 g/mol. The summed E-state index contributed by atoms with van der Waals surface area (Å²) >= 11 is 0. The lowest BCUT2D eigenvalue weighted by molar-refractivity contribution is -0.143. The first-order valence-electron chi connectivity index (χ1n) is 6.42. The van der Waals surface area contributed by atoms with Crippen LogP contribution in [0, 0.1) is 0 Å². The summed E-state index contributed by atoms with van der Waals surface area (Å²) in [7, 11) is 0. The van der Waals surface area contributed by atoms with Crippen molar-refractivity contribution in [3.8, 4) is 0 Å². The third-order valence-electron chi connectivity index (χ3n) is 3.13. The molecule has 4 nitrogen and oxygen atoms in total. The number of benzene rings is 1. The van der Waals surface area contributed by atoms with Gasteiger partial charge in [-0.05, 0) is 18.9 Å². The van der Waals surface area contributed by atoms with Gasteiger partial charge in [0.25, 0.3) is 0 Å². The van der Waals surface area contributed by atoms with Crippen molar-refractivity contribution in [3.05, 3.63) is 35.5 Å². The van der Waals surface area contributed by atoms with E-state index in [1.165, 1.54) is 0 Å². The second kappa shape index (κ2) is 5.69. The highest BCUT2D eigenvalue weighted by molar-refractivity contribution is 5.99. The Balaban J connectivity index is 2.53. The summed E-state index contributed by atoms with van der Waals surface area (Å²) in [5.41, 5.74) is 2.67. The summed E-state index contributed by atoms with van der Waals surface area (Å²) in [5, 5.41) is 0.888. The summed E-state index contributed by atoms with van der Waals surface area (Å²) in [5.74, 6) is -0.289. The quantitative estimate of drug-likeness (QED) is 0.612. The average molecular weight is 259 g/mol. The molecule has 1 aromatic carbocycles. The van der Waals surface area contributed by atoms with Gasteiger partial charge in [0.2, 0.25) is 0 Å². The molecule has 0 aliphatic rings. The van der Waals surface area contributed by atoms with E-state index in [0.29, 0.717) is 12.2 Å². The Morgan fingerprint density at radius 3 is 2.79 bits per heavy atom. The van der Waals surface area contributed by atoms with Crippen LogP contribution in [0.1, 0.15) is 29.8 Å². The molecule has 2 aromatic rings. The predicted octanol–water partition coefficient (Wildman–Crippen LogP) is 2.58. The lowest BCUT2D eigenvalue weighted by Crippen LogP contribution is -2.13. The Morgan fingerprint density at radius 2 is 2.16 bits per heavy atom. The van der Waals surface area contributed by atoms with Gasteiger partial charge in [0.05, 0.1) is 12.1 Å². The third-order valence-corrected chi connectivity index (χ3v) is 3.13. The average Bonchev–Trinajstić information content (AvgIpc) is 2.77. The van der Waals surface area contributed by atoms with E-state index in [9.17, 15) is 9.59 Å². The first-order valence-corrected chi connectivity index (χ1v) is 6.42. The van der Waals surface area contributed by atoms with Crippen LogP contribution >= 0.6 is 0 Å². The second-order valence-electron chi connectivity index (χ2n) is 4.30. The molecule has 0 N–H and O–H groups in total. The van der Waals surface area contributed by atoms with Gasteiger partial charge in [-0.15, -0.1) is 0 Å². The number of para-hydroxylation sites is 1. The van der Waals surface area contributed by atoms with E-state index in [4.69, 9.17) is 4.74 Å². The molecule has 1 aromatic heterocycles. The van der Waals surface area contributed by atoms with Crippen molar-refractivity contribution in [2.75, 3.05) is 6.61 Å². The normalized spacial score (nSPS) is 10.6. The van der Waals surface area contributed by atoms with Crippen molar-refractivity contribution >= 4 is 23.2 Å². The van der Waals surface area contributed by atoms with Crippen molar-refractivity contribution < 1.29 is 14.3 Å². The molecule has 0 saturated heterocycles. The highest BCUT2D eigenvalue weighted by atomic mass is 16.5. The van der Waals surface area contributed by atoms with Gasteiger partial charge in [-0.3, -0.25) is 9.59 Å². The summed E-state index contributed by atoms with van der Waals surface area (Å²) in [6, 6.07) is 5.85. The second-order valence-corrected chi connectivity index (χ2v) is 4.30. The smallest absolute Gasteiger partial charge is 0.325 e. The van der Waals surface area contributed by atoms with Gasteiger partial charge in [0.1, 0.15) is 6.54 Å². The van der Waals surface area contributed by atoms with Crippen LogP contribution < -0.4 is 0 Å². The van der Waals surface area contributed by atoms with Crippen molar-refractivity contribution in [3.63, 3.8) is 0 Å². The Bertz CT molecular complexity index is 613. The van der Waals surface area contributed by atoms with Crippen LogP contribution in [-0.4, -0.2) is 23.4 Å². The van der Waals surface area contributed by atoms with Crippen LogP contribution in [0.3, 0.4) is 0 Å². The monoisotopic (exact) mass is 259 g/mol. The van der Waals surface area contributed by atoms with Gasteiger partial charge in [0.15, 0.2) is 6.29 Å². The number of aromatic nitrogens is 1. The lowest BCUT2D eigenvalue weighted by Gasteiger charge is -2.08. The maximum Gasteiger partial charge on any atom is 0.325 e. The van der Waals surface area contributed by atoms with Gasteiger partial charge in [-0.1, -0.05) is 25.1 Å². The van der Waals surface area contributed by atoms with Crippen LogP contribution in [0.5, 0.6) is 0 Å². The van der Waals surface area contributed by atoms with E-state index in [0.717, 1.165) is 29.2 Å². The Hall–Kier alpha value is -2.10. The van der Waals surface area contributed by atoms with Gasteiger partial charge in [-0.2, -0.15) is 0 Å². The van der Waals surface area contributed by atoms with Crippen LogP contribution in [-0.2, 0) is 22.5 Å². The summed E-state index contributed by atoms with van der Waals surface area (Å²) in [6.45, 7) is 4.32. The van der Waals surface area contributed by atoms with E-state index in [1.54, 1.807) is 17.7 Å². The Kier molecular flexibility index (Phi) is 4.00. The molecule has 0 bridgehead atoms. The molecule has 0 saturated carbocycles. The number of rotatable bonds is 5. The lowest BCUT2D eigenvalue weighted by atomic mass is 10.1. The first kappa shape index (κ1) is 13.3. The Labute approximate surface area is 112 Å². The highest BCUT2D eigenvalue weighted by Crippen LogP contribution is 2.24. The largest absolute Gasteiger partial charge is 0.465 e. The van der Waals surface area contributed by atoms with Gasteiger partial charge >= 0.3 is 5.97 Å². The van der Waals surface area contributed by atoms with Crippen LogP contribution in [0.2, 0.25) is 0 Å². The molecule has 19 heavy (non-hydrogen) atoms. The molecular formula is C15H17NO3. The number of hydrogen-bond acceptors (Lipinski definition) is 3. The number of fused-ring (bicyclic) bond motifs is 1. The first-order chi connectivity index (χ1) is 9.21. The van der Waals surface area contributed by atoms with E-state index < -0.39 is 0 Å². The topological polar surface area (TPSA) is 48.3 Å². The zero-order valence-corrected chi connectivity index (χ0v) is 11.2. The number of carbonyl (C=O) groups excluding carboxylic acids is 2. The number of nitrogens with zero attached hydrogens (tertiary/aromatic N) is 1. The molecule has 0 atom stereocenters. The number of hydrogen-bond donors (Lipinski definition) is 0. The maximum atomic E-state index is 11.6. The van der Waals surface area contributed by atoms with E-state index in [2.05, 4.69) is 6.92 Å². The zero-order valence-electron chi connectivity index (χ0n) is 11.2. The van der Waals surface area contributed by atoms with Crippen molar-refractivity contribution in [2.45, 2.75) is 26.8 Å². The fraction of sp³-hybridized carbons (Fsp3) is 0.333. The standard InChI is InChI=1S/C15H17NO3/c1-3-11-6-5-7-13-12(10-17)8-16(15(11)13)9-14(18)19-4-2/h5-8,10H,3-4,9H2,1-2H3. The van der Waals surface area contributed by atoms with Crippen LogP contribution in [0.15, 0.2) is 24.4 Å². The van der Waals surface area contributed by atoms with Crippen LogP contribution in [0.4, 0.5) is 0 Å². The van der Waals surface area contributed by atoms with Crippen molar-refractivity contribution in [1.29, 1.82) is 0 Å². The fourth-order valence-electron chi connectivity index (χ4n) is 2.32. The van der Waals surface area contributed by atoms with Crippen molar-refractivity contribution in [1.82, 2.24) is 4.57 Å². The van der Waals surface area contributed by atoms with E-state index >= 15 is 0 Å². The zero-order chi connectivity index (χ0) is 13.8. The molecule has 0 aliphatic carbocycles. The molecule has 0 fully saturated rings. The van der Waals surface area contributed by atoms with Crippen molar-refractivity contribution in [2.24, 2.45) is 0 Å². The maximum absolute atomic E-state index is 11.6. The minimum Gasteiger partial charge on any atom is -0.465 e. The molecule has 0 radical (unpaired) electrons. The molecule has 2 rings (SSSR count). The number of ether oxygens (including phenoxy) is 1. The third kappa shape index (κ3) is 2.52. The van der Waals surface area contributed by atoms with Gasteiger partial charge in [-0.25, -0.2) is 0 Å². The predicted molar refractivity (Wildman–Crippen MR) is 73.3 cm³/mol. The van der Waals surface area contributed by atoms with E-state index in [-0.39, 0.29) is 12.5 Å². The minimum absolute atomic E-state index is 0.134. The summed E-state index contributed by atoms with van der Waals surface area (Å²) in [6.07, 6.45) is 3.39. The van der Waals surface area contributed by atoms with Gasteiger partial charge in [0, 0.05) is 17.1 Å². The minimum atomic E-state index is -0.289. The number of aldehydes is 1. The fourth-order valence-corrected chi connectivity index (χ4v) is 2.32. The SMILES string of the molecule is CCOC(=O)Cn1cc(C=O)c2cccc(CC)c21. The summed E-state index contributed by atoms with van der Waals surface area (Å²) in [4.78, 5) is 22.7. The molecule has 0 aliphatic heterocycles. The molecule has 4 heteroatoms. The molecule has 1 heterocycles. The molecule has 100 valence electrons. The number of aryl methyl sites for hydroxylation is 1. The molecule has 0 amide bonds. The summed E-state index contributed by atoms with van der Waals surface area (Å²) < 4.78 is 6.76. The van der Waals surface area contributed by atoms with E-state index in [1.807, 2.05) is 18.2 Å². The van der Waals surface area contributed by atoms with Crippen LogP contribution in [0.25, 0.3) is 10.9 Å². The molecule has 0 unspecified atom stereocenters. The van der Waals surface area contributed by atoms with Gasteiger partial charge < -0.3 is 9.30 Å². The number of esters is 1. The highest BCUT2D eigenvalue weighted by Gasteiger charge is 2.13. The number of carbonyl (C=O) groups is 2. The molecule has 0 spiro atoms.